The van der Waals surface area contributed by atoms with E-state index in [4.69, 9.17) is 0 Å². The van der Waals surface area contributed by atoms with Crippen LogP contribution in [0.15, 0.2) is 4.90 Å². The fourth-order valence-electron chi connectivity index (χ4n) is 0.993. The number of hydrogen-bond acceptors (Lipinski definition) is 3. The van der Waals surface area contributed by atoms with Gasteiger partial charge in [0.2, 0.25) is 18.5 Å². The van der Waals surface area contributed by atoms with Crippen molar-refractivity contribution in [2.75, 3.05) is 6.86 Å². The molecule has 0 saturated heterocycles. The largest absolute Gasteiger partial charge is 0.458 e. The average molecular weight is 297 g/mol. The van der Waals surface area contributed by atoms with E-state index in [2.05, 4.69) is 15.4 Å². The van der Waals surface area contributed by atoms with Gasteiger partial charge in [0, 0.05) is 10.7 Å². The van der Waals surface area contributed by atoms with Crippen LogP contribution in [0.2, 0.25) is 0 Å². The molecule has 0 bridgehead atoms. The molecular weight excluding hydrogens is 295 g/mol. The summed E-state index contributed by atoms with van der Waals surface area (Å²) in [6, 6.07) is 0. The summed E-state index contributed by atoms with van der Waals surface area (Å²) in [7, 11) is -0.314. The number of rotatable bonds is 3. The van der Waals surface area contributed by atoms with Gasteiger partial charge >= 0.3 is 0 Å². The standard InChI is InChI=1S/C7H2ClF5O3S/c8-17(14,15)7-5(13)3(11)2(10)4(12)6(7)16-1-9/h1H2. The zero-order chi connectivity index (χ0) is 13.4. The van der Waals surface area contributed by atoms with E-state index < -0.39 is 49.8 Å². The van der Waals surface area contributed by atoms with Gasteiger partial charge in [0.25, 0.3) is 9.05 Å². The van der Waals surface area contributed by atoms with Crippen LogP contribution in [0.1, 0.15) is 0 Å². The van der Waals surface area contributed by atoms with Gasteiger partial charge in [0.1, 0.15) is 0 Å². The predicted octanol–water partition coefficient (Wildman–Crippen LogP) is 2.48. The molecule has 0 fully saturated rings. The second-order valence-electron chi connectivity index (χ2n) is 2.61. The van der Waals surface area contributed by atoms with Crippen LogP contribution in [-0.4, -0.2) is 15.3 Å². The van der Waals surface area contributed by atoms with Crippen molar-refractivity contribution in [3.8, 4) is 5.75 Å². The molecule has 10 heteroatoms. The van der Waals surface area contributed by atoms with Crippen LogP contribution in [0, 0.1) is 23.3 Å². The minimum absolute atomic E-state index is 1.65. The molecule has 0 aliphatic rings. The first-order valence-corrected chi connectivity index (χ1v) is 6.02. The summed E-state index contributed by atoms with van der Waals surface area (Å²) >= 11 is 0. The summed E-state index contributed by atoms with van der Waals surface area (Å²) in [5, 5.41) is 0. The van der Waals surface area contributed by atoms with Crippen LogP contribution in [0.25, 0.3) is 0 Å². The molecule has 0 radical (unpaired) electrons. The minimum atomic E-state index is -4.99. The molecule has 0 spiro atoms. The highest BCUT2D eigenvalue weighted by Crippen LogP contribution is 2.35. The molecule has 0 unspecified atom stereocenters. The van der Waals surface area contributed by atoms with E-state index in [1.165, 1.54) is 0 Å². The fraction of sp³-hybridized carbons (Fsp3) is 0.143. The van der Waals surface area contributed by atoms with Crippen LogP contribution in [0.5, 0.6) is 5.75 Å². The van der Waals surface area contributed by atoms with Gasteiger partial charge in [-0.2, -0.15) is 4.39 Å². The number of halogens is 6. The van der Waals surface area contributed by atoms with Crippen molar-refractivity contribution in [2.24, 2.45) is 0 Å². The molecule has 1 rings (SSSR count). The molecule has 96 valence electrons. The lowest BCUT2D eigenvalue weighted by Gasteiger charge is -2.10. The molecule has 0 amide bonds. The minimum Gasteiger partial charge on any atom is -0.458 e. The van der Waals surface area contributed by atoms with E-state index in [0.717, 1.165) is 0 Å². The molecule has 17 heavy (non-hydrogen) atoms. The topological polar surface area (TPSA) is 43.4 Å². The Bertz CT molecular complexity index is 559. The molecule has 0 saturated carbocycles. The molecule has 0 aliphatic heterocycles. The summed E-state index contributed by atoms with van der Waals surface area (Å²) < 4.78 is 88.8. The maximum atomic E-state index is 13.1. The van der Waals surface area contributed by atoms with Gasteiger partial charge in [0.15, 0.2) is 22.3 Å². The van der Waals surface area contributed by atoms with Gasteiger partial charge in [-0.25, -0.2) is 26.0 Å². The lowest BCUT2D eigenvalue weighted by atomic mass is 10.3. The molecule has 1 aromatic rings. The first-order chi connectivity index (χ1) is 7.71. The normalized spacial score (nSPS) is 11.6. The van der Waals surface area contributed by atoms with E-state index in [-0.39, 0.29) is 0 Å². The van der Waals surface area contributed by atoms with Gasteiger partial charge in [-0.1, -0.05) is 0 Å². The quantitative estimate of drug-likeness (QED) is 0.372. The first-order valence-electron chi connectivity index (χ1n) is 3.71. The average Bonchev–Trinajstić information content (AvgIpc) is 2.21. The van der Waals surface area contributed by atoms with Crippen molar-refractivity contribution >= 4 is 19.7 Å². The Labute approximate surface area is 96.2 Å². The van der Waals surface area contributed by atoms with E-state index >= 15 is 0 Å². The lowest BCUT2D eigenvalue weighted by Crippen LogP contribution is -2.09. The molecule has 0 aromatic heterocycles. The highest BCUT2D eigenvalue weighted by Gasteiger charge is 2.33. The molecule has 1 aromatic carbocycles. The maximum Gasteiger partial charge on any atom is 0.268 e. The van der Waals surface area contributed by atoms with E-state index in [1.54, 1.807) is 0 Å². The van der Waals surface area contributed by atoms with E-state index in [1.807, 2.05) is 0 Å². The maximum absolute atomic E-state index is 13.1. The molecule has 0 atom stereocenters. The monoisotopic (exact) mass is 296 g/mol. The van der Waals surface area contributed by atoms with Crippen molar-refractivity contribution < 1.29 is 35.1 Å². The predicted molar refractivity (Wildman–Crippen MR) is 45.9 cm³/mol. The van der Waals surface area contributed by atoms with Gasteiger partial charge in [-0.05, 0) is 0 Å². The highest BCUT2D eigenvalue weighted by atomic mass is 35.7. The highest BCUT2D eigenvalue weighted by molar-refractivity contribution is 8.13. The molecular formula is C7H2ClF5O3S. The summed E-state index contributed by atoms with van der Waals surface area (Å²) in [4.78, 5) is -1.80. The molecule has 3 nitrogen and oxygen atoms in total. The summed E-state index contributed by atoms with van der Waals surface area (Å²) in [6.07, 6.45) is 0. The second kappa shape index (κ2) is 4.65. The van der Waals surface area contributed by atoms with Crippen LogP contribution < -0.4 is 4.74 Å². The van der Waals surface area contributed by atoms with Crippen LogP contribution in [0.4, 0.5) is 22.0 Å². The van der Waals surface area contributed by atoms with Crippen LogP contribution in [-0.2, 0) is 9.05 Å². The Morgan fingerprint density at radius 3 is 1.88 bits per heavy atom. The lowest BCUT2D eigenvalue weighted by molar-refractivity contribution is 0.174. The van der Waals surface area contributed by atoms with Crippen LogP contribution in [0.3, 0.4) is 0 Å². The zero-order valence-corrected chi connectivity index (χ0v) is 9.18. The van der Waals surface area contributed by atoms with Gasteiger partial charge < -0.3 is 4.74 Å². The van der Waals surface area contributed by atoms with Crippen molar-refractivity contribution in [3.05, 3.63) is 23.3 Å². The Morgan fingerprint density at radius 2 is 1.47 bits per heavy atom. The van der Waals surface area contributed by atoms with Gasteiger partial charge in [-0.3, -0.25) is 0 Å². The third-order valence-electron chi connectivity index (χ3n) is 1.63. The SMILES string of the molecule is O=S(=O)(Cl)c1c(F)c(F)c(F)c(F)c1OCF. The Hall–Kier alpha value is -1.09. The van der Waals surface area contributed by atoms with Crippen molar-refractivity contribution in [1.82, 2.24) is 0 Å². The number of benzene rings is 1. The Kier molecular flexibility index (Phi) is 3.82. The summed E-state index contributed by atoms with van der Waals surface area (Å²) in [5.41, 5.74) is 0. The molecule has 0 heterocycles. The third-order valence-corrected chi connectivity index (χ3v) is 2.94. The molecule has 0 aliphatic carbocycles. The van der Waals surface area contributed by atoms with E-state index in [0.29, 0.717) is 0 Å². The number of ether oxygens (including phenoxy) is 1. The number of hydrogen-bond donors (Lipinski definition) is 0. The molecule has 0 N–H and O–H groups in total. The smallest absolute Gasteiger partial charge is 0.268 e. The van der Waals surface area contributed by atoms with Crippen LogP contribution >= 0.6 is 10.7 Å². The zero-order valence-electron chi connectivity index (χ0n) is 7.61. The van der Waals surface area contributed by atoms with Crippen molar-refractivity contribution in [3.63, 3.8) is 0 Å². The van der Waals surface area contributed by atoms with Gasteiger partial charge in [0.05, 0.1) is 0 Å². The second-order valence-corrected chi connectivity index (χ2v) is 5.11. The third kappa shape index (κ3) is 2.44. The fourth-order valence-corrected chi connectivity index (χ4v) is 2.08. The summed E-state index contributed by atoms with van der Waals surface area (Å²) in [5.74, 6) is -10.9. The number of alkyl halides is 1. The Balaban J connectivity index is 3.79. The Morgan fingerprint density at radius 1 is 1.00 bits per heavy atom. The first kappa shape index (κ1) is 14.0. The van der Waals surface area contributed by atoms with Crippen molar-refractivity contribution in [2.45, 2.75) is 4.90 Å². The van der Waals surface area contributed by atoms with E-state index in [9.17, 15) is 30.4 Å². The van der Waals surface area contributed by atoms with Gasteiger partial charge in [-0.15, -0.1) is 0 Å². The van der Waals surface area contributed by atoms with Crippen molar-refractivity contribution in [1.29, 1.82) is 0 Å². The summed E-state index contributed by atoms with van der Waals surface area (Å²) in [6.45, 7) is -1.79.